The summed E-state index contributed by atoms with van der Waals surface area (Å²) in [4.78, 5) is 0. The maximum atomic E-state index is 2.44. The lowest BCUT2D eigenvalue weighted by Crippen LogP contribution is -1.94. The topological polar surface area (TPSA) is 0 Å². The fourth-order valence-corrected chi connectivity index (χ4v) is 8.68. The average molecular weight is 661 g/mol. The van der Waals surface area contributed by atoms with Crippen molar-refractivity contribution in [2.45, 2.75) is 13.8 Å². The van der Waals surface area contributed by atoms with E-state index in [2.05, 4.69) is 182 Å². The van der Waals surface area contributed by atoms with E-state index >= 15 is 0 Å². The number of fused-ring (bicyclic) bond motifs is 12. The second-order valence-electron chi connectivity index (χ2n) is 13.6. The van der Waals surface area contributed by atoms with Gasteiger partial charge in [-0.3, -0.25) is 0 Å². The normalized spacial score (nSPS) is 11.7. The fraction of sp³-hybridized carbons (Fsp3) is 0.0385. The van der Waals surface area contributed by atoms with Crippen LogP contribution in [0.3, 0.4) is 0 Å². The Balaban J connectivity index is 0.00000166. The minimum atomic E-state index is 1.24. The van der Waals surface area contributed by atoms with Gasteiger partial charge in [0.2, 0.25) is 0 Å². The first-order valence-electron chi connectivity index (χ1n) is 18.4. The van der Waals surface area contributed by atoms with Crippen LogP contribution in [0.5, 0.6) is 0 Å². The van der Waals surface area contributed by atoms with E-state index < -0.39 is 0 Å². The summed E-state index contributed by atoms with van der Waals surface area (Å²) in [5.41, 5.74) is 5.07. The maximum Gasteiger partial charge on any atom is -0.00141 e. The van der Waals surface area contributed by atoms with E-state index in [0.29, 0.717) is 0 Å². The number of hydrogen-bond donors (Lipinski definition) is 0. The molecule has 0 bridgehead atoms. The summed E-state index contributed by atoms with van der Waals surface area (Å²) in [6.07, 6.45) is 0. The van der Waals surface area contributed by atoms with Gasteiger partial charge in [0.25, 0.3) is 0 Å². The number of rotatable bonds is 2. The van der Waals surface area contributed by atoms with Crippen molar-refractivity contribution in [1.82, 2.24) is 0 Å². The third-order valence-electron chi connectivity index (χ3n) is 11.0. The van der Waals surface area contributed by atoms with E-state index in [0.717, 1.165) is 0 Å². The van der Waals surface area contributed by atoms with Crippen LogP contribution in [-0.4, -0.2) is 0 Å². The maximum absolute atomic E-state index is 2.44. The molecule has 0 amide bonds. The lowest BCUT2D eigenvalue weighted by Gasteiger charge is -2.21. The molecule has 0 aliphatic heterocycles. The van der Waals surface area contributed by atoms with E-state index in [1.807, 2.05) is 13.8 Å². The second-order valence-corrected chi connectivity index (χ2v) is 13.6. The molecule has 11 aromatic rings. The second kappa shape index (κ2) is 12.1. The Labute approximate surface area is 303 Å². The van der Waals surface area contributed by atoms with Gasteiger partial charge in [-0.2, -0.15) is 0 Å². The van der Waals surface area contributed by atoms with Crippen LogP contribution in [-0.2, 0) is 0 Å². The van der Waals surface area contributed by atoms with Crippen LogP contribution in [0, 0.1) is 0 Å². The summed E-state index contributed by atoms with van der Waals surface area (Å²) in [6, 6.07) is 67.8. The third kappa shape index (κ3) is 4.54. The van der Waals surface area contributed by atoms with Crippen molar-refractivity contribution < 1.29 is 0 Å². The molecule has 11 aromatic carbocycles. The van der Waals surface area contributed by atoms with Crippen LogP contribution >= 0.6 is 0 Å². The predicted molar refractivity (Wildman–Crippen MR) is 229 cm³/mol. The molecule has 0 spiro atoms. The highest BCUT2D eigenvalue weighted by atomic mass is 14.2. The van der Waals surface area contributed by atoms with E-state index in [1.54, 1.807) is 0 Å². The van der Waals surface area contributed by atoms with Crippen LogP contribution in [0.15, 0.2) is 182 Å². The summed E-state index contributed by atoms with van der Waals surface area (Å²) in [7, 11) is 0. The van der Waals surface area contributed by atoms with Crippen molar-refractivity contribution in [3.63, 3.8) is 0 Å². The van der Waals surface area contributed by atoms with Crippen molar-refractivity contribution in [1.29, 1.82) is 0 Å². The van der Waals surface area contributed by atoms with Gasteiger partial charge in [-0.25, -0.2) is 0 Å². The largest absolute Gasteiger partial charge is 0.0683 e. The Bertz CT molecular complexity index is 2980. The van der Waals surface area contributed by atoms with Gasteiger partial charge in [0.15, 0.2) is 0 Å². The summed E-state index contributed by atoms with van der Waals surface area (Å²) in [6.45, 7) is 4.00. The molecule has 0 aliphatic carbocycles. The smallest absolute Gasteiger partial charge is 0.00141 e. The van der Waals surface area contributed by atoms with Crippen LogP contribution in [0.1, 0.15) is 13.8 Å². The van der Waals surface area contributed by atoms with E-state index in [-0.39, 0.29) is 0 Å². The van der Waals surface area contributed by atoms with Crippen molar-refractivity contribution in [2.24, 2.45) is 0 Å². The molecule has 0 radical (unpaired) electrons. The molecule has 0 unspecified atom stereocenters. The lowest BCUT2D eigenvalue weighted by atomic mass is 9.81. The zero-order valence-electron chi connectivity index (χ0n) is 29.3. The molecule has 0 atom stereocenters. The van der Waals surface area contributed by atoms with Gasteiger partial charge in [-0.05, 0) is 121 Å². The van der Waals surface area contributed by atoms with Crippen molar-refractivity contribution in [3.8, 4) is 22.3 Å². The van der Waals surface area contributed by atoms with E-state index in [9.17, 15) is 0 Å². The molecule has 244 valence electrons. The van der Waals surface area contributed by atoms with Crippen LogP contribution in [0.25, 0.3) is 108 Å². The standard InChI is InChI=1S/C50H30.C2H6/c1-5-13-39-31(9-1)17-19-35-21-23-37(29-45(35)39)47-43-27-25-34-12-4-8-16-42(34)50(43)48(44-28-26-33-11-3-7-15-41(33)49(44)47)38-24-22-36-20-18-32-10-2-6-14-40(32)46(36)30-38;1-2/h1-30H;1-2H3. The van der Waals surface area contributed by atoms with E-state index in [4.69, 9.17) is 0 Å². The summed E-state index contributed by atoms with van der Waals surface area (Å²) < 4.78 is 0. The quantitative estimate of drug-likeness (QED) is 0.128. The van der Waals surface area contributed by atoms with Gasteiger partial charge < -0.3 is 0 Å². The Morgan fingerprint density at radius 3 is 0.923 bits per heavy atom. The van der Waals surface area contributed by atoms with E-state index in [1.165, 1.54) is 108 Å². The SMILES string of the molecule is CC.c1ccc2c(c1)ccc1ccc(-c3c4ccc5ccccc5c4c(-c4ccc5ccc6ccccc6c5c4)c4ccc5ccccc5c34)cc12. The Kier molecular flexibility index (Phi) is 7.05. The summed E-state index contributed by atoms with van der Waals surface area (Å²) in [5, 5.41) is 20.4. The third-order valence-corrected chi connectivity index (χ3v) is 11.0. The first kappa shape index (κ1) is 30.3. The van der Waals surface area contributed by atoms with Gasteiger partial charge in [0.05, 0.1) is 0 Å². The average Bonchev–Trinajstić information content (AvgIpc) is 3.23. The van der Waals surface area contributed by atoms with Gasteiger partial charge in [-0.1, -0.05) is 184 Å². The van der Waals surface area contributed by atoms with Gasteiger partial charge in [-0.15, -0.1) is 0 Å². The molecular weight excluding hydrogens is 625 g/mol. The van der Waals surface area contributed by atoms with Crippen LogP contribution in [0.2, 0.25) is 0 Å². The summed E-state index contributed by atoms with van der Waals surface area (Å²) in [5.74, 6) is 0. The Morgan fingerprint density at radius 2 is 0.519 bits per heavy atom. The zero-order valence-corrected chi connectivity index (χ0v) is 29.3. The van der Waals surface area contributed by atoms with Gasteiger partial charge >= 0.3 is 0 Å². The molecule has 0 aromatic heterocycles. The molecular formula is C52H36. The first-order chi connectivity index (χ1) is 25.8. The highest BCUT2D eigenvalue weighted by molar-refractivity contribution is 6.32. The molecule has 0 fully saturated rings. The number of hydrogen-bond acceptors (Lipinski definition) is 0. The van der Waals surface area contributed by atoms with Crippen molar-refractivity contribution in [2.75, 3.05) is 0 Å². The minimum absolute atomic E-state index is 1.24. The molecule has 0 saturated heterocycles. The fourth-order valence-electron chi connectivity index (χ4n) is 8.68. The highest BCUT2D eigenvalue weighted by Gasteiger charge is 2.21. The molecule has 0 aliphatic rings. The predicted octanol–water partition coefficient (Wildman–Crippen LogP) is 15.3. The minimum Gasteiger partial charge on any atom is -0.0683 e. The van der Waals surface area contributed by atoms with Crippen LogP contribution in [0.4, 0.5) is 0 Å². The molecule has 0 N–H and O–H groups in total. The van der Waals surface area contributed by atoms with Crippen LogP contribution < -0.4 is 0 Å². The summed E-state index contributed by atoms with van der Waals surface area (Å²) >= 11 is 0. The van der Waals surface area contributed by atoms with Crippen molar-refractivity contribution >= 4 is 86.2 Å². The monoisotopic (exact) mass is 660 g/mol. The first-order valence-corrected chi connectivity index (χ1v) is 18.4. The van der Waals surface area contributed by atoms with Gasteiger partial charge in [0.1, 0.15) is 0 Å². The molecule has 0 heterocycles. The molecule has 0 heteroatoms. The zero-order chi connectivity index (χ0) is 34.8. The lowest BCUT2D eigenvalue weighted by molar-refractivity contribution is 1.50. The number of benzene rings is 11. The Morgan fingerprint density at radius 1 is 0.231 bits per heavy atom. The Hall–Kier alpha value is -6.50. The molecule has 11 rings (SSSR count). The molecule has 0 saturated carbocycles. The molecule has 52 heavy (non-hydrogen) atoms. The highest BCUT2D eigenvalue weighted by Crippen LogP contribution is 2.49. The molecule has 0 nitrogen and oxygen atoms in total. The van der Waals surface area contributed by atoms with Gasteiger partial charge in [0, 0.05) is 0 Å². The van der Waals surface area contributed by atoms with Crippen molar-refractivity contribution in [3.05, 3.63) is 182 Å².